The average Bonchev–Trinajstić information content (AvgIpc) is 1.25. The van der Waals surface area contributed by atoms with E-state index >= 15 is 0 Å². The van der Waals surface area contributed by atoms with Gasteiger partial charge in [-0.2, -0.15) is 0 Å². The molecule has 0 bridgehead atoms. The molecule has 87 heavy (non-hydrogen) atoms. The number of nitrogens with one attached hydrogen (secondary N) is 1. The molecule has 0 atom stereocenters. The number of rotatable bonds is 14. The van der Waals surface area contributed by atoms with Crippen molar-refractivity contribution in [2.75, 3.05) is 76.6 Å². The van der Waals surface area contributed by atoms with Crippen molar-refractivity contribution in [3.63, 3.8) is 0 Å². The number of fused-ring (bicyclic) bond motifs is 7. The molecule has 0 spiro atoms. The van der Waals surface area contributed by atoms with Gasteiger partial charge in [-0.1, -0.05) is 54.6 Å². The number of methoxy groups -OCH3 is 1. The number of hydrogen-bond donors (Lipinski definition) is 1. The van der Waals surface area contributed by atoms with Crippen molar-refractivity contribution >= 4 is 78.7 Å². The lowest BCUT2D eigenvalue weighted by Crippen LogP contribution is -2.29. The van der Waals surface area contributed by atoms with Crippen LogP contribution in [0.4, 0.5) is 17.1 Å². The molecule has 1 amide bonds. The van der Waals surface area contributed by atoms with Gasteiger partial charge in [0.15, 0.2) is 0 Å². The standard InChI is InChI=1S/C48H43N5O4.C25H25N2O3/c1-5-52(6-2)34-21-23-39-42(28-34)57-43-29-35(53(7-3)8-4)22-24-40(43)44(39)36-14-9-10-15-37(36)48(55)56-30-31-17-19-32(20-18-31)47(54)51-41-27-33-13-11-25-49-45(33)46-38(41)16-12-26-50-46;1-26(2)16-10-12-20-22(14-16)30-23-15-17(27(3)4)11-13-21(23)24(20)18-8-6-7-9-19(18)25(28)29-5/h9-29H,5-8,30H2,1-4H3;6-15H,1-5H3/q;+1/p+1. The van der Waals surface area contributed by atoms with E-state index in [2.05, 4.69) is 113 Å². The van der Waals surface area contributed by atoms with Gasteiger partial charge < -0.3 is 33.4 Å². The highest BCUT2D eigenvalue weighted by Crippen LogP contribution is 2.44. The number of amides is 1. The molecule has 8 aromatic rings. The average molecular weight is 1160 g/mol. The Labute approximate surface area is 505 Å². The molecule has 2 aromatic heterocycles. The van der Waals surface area contributed by atoms with Crippen molar-refractivity contribution in [3.8, 4) is 44.9 Å². The van der Waals surface area contributed by atoms with Crippen LogP contribution in [0.15, 0.2) is 197 Å². The number of ether oxygens (including phenoxy) is 2. The van der Waals surface area contributed by atoms with E-state index in [4.69, 9.17) is 18.3 Å². The van der Waals surface area contributed by atoms with E-state index in [0.717, 1.165) is 142 Å². The van der Waals surface area contributed by atoms with E-state index in [1.54, 1.807) is 42.7 Å². The highest BCUT2D eigenvalue weighted by molar-refractivity contribution is 6.15. The van der Waals surface area contributed by atoms with Gasteiger partial charge in [0, 0.05) is 125 Å². The molecule has 4 aliphatic rings. The van der Waals surface area contributed by atoms with E-state index in [9.17, 15) is 14.4 Å². The summed E-state index contributed by atoms with van der Waals surface area (Å²) in [7, 11) is 9.40. The number of esters is 2. The highest BCUT2D eigenvalue weighted by atomic mass is 16.5. The Kier molecular flexibility index (Phi) is 17.0. The predicted octanol–water partition coefficient (Wildman–Crippen LogP) is 13.7. The lowest BCUT2D eigenvalue weighted by Gasteiger charge is -2.22. The second-order valence-corrected chi connectivity index (χ2v) is 21.5. The summed E-state index contributed by atoms with van der Waals surface area (Å²) in [6.07, 6.45) is 3.46. The van der Waals surface area contributed by atoms with E-state index in [-0.39, 0.29) is 18.5 Å². The molecule has 436 valence electrons. The van der Waals surface area contributed by atoms with Crippen LogP contribution in [0.5, 0.6) is 0 Å². The second kappa shape index (κ2) is 25.4. The Bertz CT molecular complexity index is 4660. The lowest BCUT2D eigenvalue weighted by atomic mass is 9.90. The van der Waals surface area contributed by atoms with Gasteiger partial charge in [-0.3, -0.25) is 14.8 Å². The van der Waals surface area contributed by atoms with Crippen molar-refractivity contribution in [1.29, 1.82) is 0 Å². The number of nitrogens with zero attached hydrogens (tertiary/aromatic N) is 6. The van der Waals surface area contributed by atoms with Crippen LogP contribution in [0.3, 0.4) is 0 Å². The van der Waals surface area contributed by atoms with Crippen LogP contribution in [-0.2, 0) is 16.1 Å². The van der Waals surface area contributed by atoms with Gasteiger partial charge in [-0.25, -0.2) is 18.7 Å². The maximum Gasteiger partial charge on any atom is 0.339 e. The minimum atomic E-state index is -0.444. The first-order valence-electron chi connectivity index (χ1n) is 29.3. The zero-order valence-electron chi connectivity index (χ0n) is 50.5. The Morgan fingerprint density at radius 1 is 0.552 bits per heavy atom. The van der Waals surface area contributed by atoms with Crippen LogP contribution in [0.25, 0.3) is 88.6 Å². The molecule has 14 heteroatoms. The Morgan fingerprint density at radius 2 is 1.11 bits per heavy atom. The van der Waals surface area contributed by atoms with E-state index in [1.165, 1.54) is 7.11 Å². The molecule has 0 fully saturated rings. The predicted molar refractivity (Wildman–Crippen MR) is 350 cm³/mol. The van der Waals surface area contributed by atoms with Gasteiger partial charge >= 0.3 is 11.9 Å². The lowest BCUT2D eigenvalue weighted by molar-refractivity contribution is 0.0472. The molecule has 14 nitrogen and oxygen atoms in total. The number of pyridine rings is 2. The van der Waals surface area contributed by atoms with Crippen molar-refractivity contribution < 1.29 is 32.7 Å². The summed E-state index contributed by atoms with van der Waals surface area (Å²) >= 11 is 0. The number of hydrogen-bond acceptors (Lipinski definition) is 11. The fourth-order valence-electron chi connectivity index (χ4n) is 11.4. The normalized spacial score (nSPS) is 11.2. The Hall–Kier alpha value is -10.5. The minimum absolute atomic E-state index is 0.0368. The first-order chi connectivity index (χ1) is 42.3. The molecular weight excluding hydrogens is 1090 g/mol. The van der Waals surface area contributed by atoms with Crippen molar-refractivity contribution in [2.24, 2.45) is 0 Å². The fraction of sp³-hybridized carbons (Fsp3) is 0.192. The summed E-state index contributed by atoms with van der Waals surface area (Å²) in [5.41, 5.74) is 13.3. The van der Waals surface area contributed by atoms with E-state index in [1.807, 2.05) is 123 Å². The minimum Gasteiger partial charge on any atom is -0.465 e. The maximum atomic E-state index is 14.0. The summed E-state index contributed by atoms with van der Waals surface area (Å²) in [5.74, 6) is 0.443. The highest BCUT2D eigenvalue weighted by Gasteiger charge is 2.26. The van der Waals surface area contributed by atoms with Crippen LogP contribution in [0.2, 0.25) is 0 Å². The van der Waals surface area contributed by atoms with Crippen molar-refractivity contribution in [2.45, 2.75) is 34.3 Å². The first kappa shape index (κ1) is 58.3. The molecule has 0 saturated heterocycles. The third-order valence-electron chi connectivity index (χ3n) is 16.0. The van der Waals surface area contributed by atoms with Crippen LogP contribution in [0.1, 0.15) is 64.3 Å². The number of aromatic nitrogens is 2. The van der Waals surface area contributed by atoms with Gasteiger partial charge in [-0.15, -0.1) is 0 Å². The number of carbonyl (C=O) groups excluding carboxylic acids is 3. The number of anilines is 3. The molecule has 0 saturated carbocycles. The summed E-state index contributed by atoms with van der Waals surface area (Å²) < 4.78 is 28.3. The molecule has 0 unspecified atom stereocenters. The van der Waals surface area contributed by atoms with E-state index in [0.29, 0.717) is 22.4 Å². The van der Waals surface area contributed by atoms with Gasteiger partial charge in [0.25, 0.3) is 5.91 Å². The van der Waals surface area contributed by atoms with E-state index < -0.39 is 5.97 Å². The smallest absolute Gasteiger partial charge is 0.339 e. The topological polar surface area (TPSA) is 146 Å². The zero-order chi connectivity index (χ0) is 60.9. The third kappa shape index (κ3) is 11.7. The molecule has 2 aliphatic heterocycles. The van der Waals surface area contributed by atoms with Gasteiger partial charge in [0.2, 0.25) is 10.7 Å². The summed E-state index contributed by atoms with van der Waals surface area (Å²) in [6, 6.07) is 56.6. The van der Waals surface area contributed by atoms with Gasteiger partial charge in [0.1, 0.15) is 56.5 Å². The summed E-state index contributed by atoms with van der Waals surface area (Å²) in [5, 5.41) is 8.73. The Balaban J connectivity index is 0.000000219. The summed E-state index contributed by atoms with van der Waals surface area (Å²) in [4.78, 5) is 53.3. The van der Waals surface area contributed by atoms with Crippen LogP contribution < -0.4 is 35.0 Å². The number of carbonyl (C=O) groups is 3. The monoisotopic (exact) mass is 1160 g/mol. The molecule has 6 aromatic carbocycles. The van der Waals surface area contributed by atoms with Crippen LogP contribution in [-0.4, -0.2) is 89.3 Å². The molecular formula is C73H69N7O7+2. The largest absolute Gasteiger partial charge is 0.465 e. The quantitative estimate of drug-likeness (QED) is 0.0480. The van der Waals surface area contributed by atoms with Gasteiger partial charge in [-0.05, 0) is 129 Å². The molecule has 12 rings (SSSR count). The zero-order valence-corrected chi connectivity index (χ0v) is 50.5. The molecule has 2 aliphatic carbocycles. The second-order valence-electron chi connectivity index (χ2n) is 21.5. The number of benzene rings is 8. The van der Waals surface area contributed by atoms with Crippen LogP contribution in [0, 0.1) is 0 Å². The van der Waals surface area contributed by atoms with Crippen molar-refractivity contribution in [3.05, 3.63) is 221 Å². The molecule has 0 radical (unpaired) electrons. The molecule has 1 N–H and O–H groups in total. The fourth-order valence-corrected chi connectivity index (χ4v) is 11.4. The SMILES string of the molecule is CCN(CC)c1ccc2c(-c3ccccc3C(=O)OCc3ccc(C(=O)Nc4cc5cccnc5c5ncccc45)cc3)c3ccc(=[N+](CC)CC)cc-3oc2c1.COC(=O)c1ccccc1-c1c2ccc(=[N+](C)C)cc-2oc2cc(N(C)C)ccc12. The van der Waals surface area contributed by atoms with Crippen LogP contribution >= 0.6 is 0 Å². The maximum absolute atomic E-state index is 14.0. The third-order valence-corrected chi connectivity index (χ3v) is 16.0. The Morgan fingerprint density at radius 3 is 1.71 bits per heavy atom. The first-order valence-corrected chi connectivity index (χ1v) is 29.3. The summed E-state index contributed by atoms with van der Waals surface area (Å²) in [6.45, 7) is 12.1. The van der Waals surface area contributed by atoms with Gasteiger partial charge in [0.05, 0.1) is 47.1 Å². The van der Waals surface area contributed by atoms with Crippen molar-refractivity contribution in [1.82, 2.24) is 19.1 Å². The molecule has 4 heterocycles.